The third-order valence-electron chi connectivity index (χ3n) is 3.34. The molecule has 3 nitrogen and oxygen atoms in total. The van der Waals surface area contributed by atoms with Crippen molar-refractivity contribution in [3.8, 4) is 0 Å². The highest BCUT2D eigenvalue weighted by Gasteiger charge is 2.56. The number of aliphatic hydroxyl groups excluding tert-OH is 1. The molecule has 1 aliphatic carbocycles. The maximum Gasteiger partial charge on any atom is 0.0613 e. The zero-order valence-corrected chi connectivity index (χ0v) is 7.60. The van der Waals surface area contributed by atoms with Crippen LogP contribution in [0.25, 0.3) is 0 Å². The molecule has 0 aromatic carbocycles. The van der Waals surface area contributed by atoms with Crippen molar-refractivity contribution < 1.29 is 9.84 Å². The van der Waals surface area contributed by atoms with E-state index in [1.807, 2.05) is 0 Å². The molecule has 3 fully saturated rings. The molecule has 70 valence electrons. The Labute approximate surface area is 73.1 Å². The number of rotatable bonds is 3. The van der Waals surface area contributed by atoms with Gasteiger partial charge in [-0.25, -0.2) is 0 Å². The highest BCUT2D eigenvalue weighted by molar-refractivity contribution is 5.12. The molecule has 0 aromatic heterocycles. The summed E-state index contributed by atoms with van der Waals surface area (Å²) >= 11 is 0. The van der Waals surface area contributed by atoms with E-state index in [9.17, 15) is 0 Å². The molecule has 3 aliphatic rings. The molecule has 0 unspecified atom stereocenters. The summed E-state index contributed by atoms with van der Waals surface area (Å²) in [6.07, 6.45) is 3.37. The fraction of sp³-hybridized carbons (Fsp3) is 1.00. The molecule has 3 heteroatoms. The van der Waals surface area contributed by atoms with Gasteiger partial charge in [-0.05, 0) is 31.2 Å². The number of fused-ring (bicyclic) bond motifs is 2. The minimum Gasteiger partial charge on any atom is -0.394 e. The van der Waals surface area contributed by atoms with Gasteiger partial charge in [-0.3, -0.25) is 0 Å². The molecule has 2 aliphatic heterocycles. The maximum absolute atomic E-state index is 9.17. The summed E-state index contributed by atoms with van der Waals surface area (Å²) in [4.78, 5) is 0. The average Bonchev–Trinajstić information content (AvgIpc) is 2.04. The van der Waals surface area contributed by atoms with Crippen LogP contribution in [0.1, 0.15) is 19.3 Å². The van der Waals surface area contributed by atoms with Gasteiger partial charge in [0.05, 0.1) is 13.2 Å². The molecule has 2 saturated heterocycles. The second-order valence-corrected chi connectivity index (χ2v) is 4.40. The number of hydrogen-bond donors (Lipinski definition) is 2. The van der Waals surface area contributed by atoms with Crippen LogP contribution >= 0.6 is 0 Å². The van der Waals surface area contributed by atoms with E-state index in [1.165, 1.54) is 6.42 Å². The summed E-state index contributed by atoms with van der Waals surface area (Å²) in [7, 11) is 1.76. The first-order chi connectivity index (χ1) is 5.74. The molecule has 0 aromatic rings. The van der Waals surface area contributed by atoms with Gasteiger partial charge in [0.1, 0.15) is 0 Å². The van der Waals surface area contributed by atoms with Crippen LogP contribution in [0.15, 0.2) is 0 Å². The molecule has 2 N–H and O–H groups in total. The second-order valence-electron chi connectivity index (χ2n) is 4.40. The van der Waals surface area contributed by atoms with Crippen LogP contribution in [0.4, 0.5) is 0 Å². The number of aliphatic hydroxyl groups is 1. The van der Waals surface area contributed by atoms with E-state index in [2.05, 4.69) is 5.32 Å². The van der Waals surface area contributed by atoms with Crippen LogP contribution in [-0.4, -0.2) is 37.5 Å². The minimum absolute atomic E-state index is 0.0524. The van der Waals surface area contributed by atoms with E-state index < -0.39 is 0 Å². The number of piperidine rings is 2. The smallest absolute Gasteiger partial charge is 0.0613 e. The average molecular weight is 171 g/mol. The molecular formula is C9H17NO2. The summed E-state index contributed by atoms with van der Waals surface area (Å²) in [5, 5.41) is 12.6. The van der Waals surface area contributed by atoms with Gasteiger partial charge in [0.2, 0.25) is 0 Å². The van der Waals surface area contributed by atoms with Crippen molar-refractivity contribution in [1.29, 1.82) is 0 Å². The molecule has 0 spiro atoms. The van der Waals surface area contributed by atoms with Crippen LogP contribution in [0.3, 0.4) is 0 Å². The zero-order valence-electron chi connectivity index (χ0n) is 7.60. The molecule has 0 radical (unpaired) electrons. The Morgan fingerprint density at radius 3 is 2.83 bits per heavy atom. The SMILES string of the molecule is COCC12CCNC(CO)(C1)C2. The number of nitrogens with one attached hydrogen (secondary N) is 1. The Hall–Kier alpha value is -0.120. The van der Waals surface area contributed by atoms with Crippen molar-refractivity contribution in [3.63, 3.8) is 0 Å². The van der Waals surface area contributed by atoms with Gasteiger partial charge in [-0.15, -0.1) is 0 Å². The van der Waals surface area contributed by atoms with Gasteiger partial charge in [-0.1, -0.05) is 0 Å². The van der Waals surface area contributed by atoms with Crippen molar-refractivity contribution in [3.05, 3.63) is 0 Å². The van der Waals surface area contributed by atoms with Crippen LogP contribution in [-0.2, 0) is 4.74 Å². The highest BCUT2D eigenvalue weighted by Crippen LogP contribution is 2.53. The lowest BCUT2D eigenvalue weighted by Gasteiger charge is -2.60. The van der Waals surface area contributed by atoms with E-state index in [-0.39, 0.29) is 12.1 Å². The molecule has 1 saturated carbocycles. The molecule has 12 heavy (non-hydrogen) atoms. The Morgan fingerprint density at radius 2 is 2.25 bits per heavy atom. The quantitative estimate of drug-likeness (QED) is 0.634. The van der Waals surface area contributed by atoms with Gasteiger partial charge in [0.25, 0.3) is 0 Å². The first-order valence-corrected chi connectivity index (χ1v) is 4.59. The Balaban J connectivity index is 1.99. The van der Waals surface area contributed by atoms with Gasteiger partial charge in [0.15, 0.2) is 0 Å². The summed E-state index contributed by atoms with van der Waals surface area (Å²) in [6.45, 7) is 2.17. The molecular weight excluding hydrogens is 154 g/mol. The standard InChI is InChI=1S/C9H17NO2/c1-12-7-8-2-3-10-9(4-8,5-8)6-11/h10-11H,2-7H2,1H3. The van der Waals surface area contributed by atoms with Gasteiger partial charge in [0, 0.05) is 12.6 Å². The molecule has 0 amide bonds. The first-order valence-electron chi connectivity index (χ1n) is 4.59. The fourth-order valence-electron chi connectivity index (χ4n) is 2.93. The van der Waals surface area contributed by atoms with E-state index in [0.29, 0.717) is 5.41 Å². The summed E-state index contributed by atoms with van der Waals surface area (Å²) in [5.41, 5.74) is 0.444. The molecule has 2 heterocycles. The third-order valence-corrected chi connectivity index (χ3v) is 3.34. The molecule has 2 bridgehead atoms. The van der Waals surface area contributed by atoms with Crippen molar-refractivity contribution in [2.45, 2.75) is 24.8 Å². The van der Waals surface area contributed by atoms with Gasteiger partial charge < -0.3 is 15.2 Å². The topological polar surface area (TPSA) is 41.5 Å². The fourth-order valence-corrected chi connectivity index (χ4v) is 2.93. The summed E-state index contributed by atoms with van der Waals surface area (Å²) in [6, 6.07) is 0. The Bertz CT molecular complexity index is 171. The van der Waals surface area contributed by atoms with E-state index in [1.54, 1.807) is 7.11 Å². The van der Waals surface area contributed by atoms with Crippen molar-refractivity contribution in [2.24, 2.45) is 5.41 Å². The lowest BCUT2D eigenvalue weighted by molar-refractivity contribution is -0.109. The monoisotopic (exact) mass is 171 g/mol. The summed E-state index contributed by atoms with van der Waals surface area (Å²) in [5.74, 6) is 0. The van der Waals surface area contributed by atoms with Crippen molar-refractivity contribution in [1.82, 2.24) is 5.32 Å². The van der Waals surface area contributed by atoms with Crippen LogP contribution in [0.5, 0.6) is 0 Å². The lowest BCUT2D eigenvalue weighted by atomic mass is 9.54. The largest absolute Gasteiger partial charge is 0.394 e. The second kappa shape index (κ2) is 2.69. The normalized spacial score (nSPS) is 45.5. The Morgan fingerprint density at radius 1 is 1.50 bits per heavy atom. The molecule has 3 rings (SSSR count). The van der Waals surface area contributed by atoms with Gasteiger partial charge in [-0.2, -0.15) is 0 Å². The first kappa shape index (κ1) is 8.48. The van der Waals surface area contributed by atoms with Gasteiger partial charge >= 0.3 is 0 Å². The van der Waals surface area contributed by atoms with Crippen LogP contribution < -0.4 is 5.32 Å². The predicted molar refractivity (Wildman–Crippen MR) is 46.0 cm³/mol. The van der Waals surface area contributed by atoms with Crippen LogP contribution in [0.2, 0.25) is 0 Å². The summed E-state index contributed by atoms with van der Waals surface area (Å²) < 4.78 is 5.20. The zero-order chi connectivity index (χ0) is 8.66. The highest BCUT2D eigenvalue weighted by atomic mass is 16.5. The minimum atomic E-state index is 0.0524. The van der Waals surface area contributed by atoms with E-state index >= 15 is 0 Å². The van der Waals surface area contributed by atoms with Crippen LogP contribution in [0, 0.1) is 5.41 Å². The molecule has 0 atom stereocenters. The van der Waals surface area contributed by atoms with E-state index in [0.717, 1.165) is 26.0 Å². The number of hydrogen-bond acceptors (Lipinski definition) is 3. The number of ether oxygens (including phenoxy) is 1. The Kier molecular flexibility index (Phi) is 1.90. The van der Waals surface area contributed by atoms with E-state index in [4.69, 9.17) is 9.84 Å². The lowest BCUT2D eigenvalue weighted by Crippen LogP contribution is -2.69. The van der Waals surface area contributed by atoms with Crippen molar-refractivity contribution in [2.75, 3.05) is 26.9 Å². The third kappa shape index (κ3) is 1.08. The maximum atomic E-state index is 9.17. The number of methoxy groups -OCH3 is 1. The predicted octanol–water partition coefficient (Wildman–Crippen LogP) is 0.137. The van der Waals surface area contributed by atoms with Crippen molar-refractivity contribution >= 4 is 0 Å².